The van der Waals surface area contributed by atoms with Crippen LogP contribution in [0, 0.1) is 34.5 Å². The van der Waals surface area contributed by atoms with Crippen LogP contribution >= 0.6 is 0 Å². The van der Waals surface area contributed by atoms with Gasteiger partial charge in [-0.15, -0.1) is 0 Å². The number of benzene rings is 3. The molecule has 1 heterocycles. The highest BCUT2D eigenvalue weighted by atomic mass is 16.5. The van der Waals surface area contributed by atoms with Gasteiger partial charge in [-0.1, -0.05) is 19.3 Å². The molecule has 3 aromatic carbocycles. The first-order valence-electron chi connectivity index (χ1n) is 12.4. The van der Waals surface area contributed by atoms with E-state index in [9.17, 15) is 4.79 Å². The van der Waals surface area contributed by atoms with E-state index in [4.69, 9.17) is 20.0 Å². The Labute approximate surface area is 211 Å². The predicted octanol–water partition coefficient (Wildman–Crippen LogP) is 6.67. The fourth-order valence-electron chi connectivity index (χ4n) is 5.25. The lowest BCUT2D eigenvalue weighted by atomic mass is 9.75. The molecule has 6 nitrogen and oxygen atoms in total. The lowest BCUT2D eigenvalue weighted by Gasteiger charge is -2.41. The lowest BCUT2D eigenvalue weighted by molar-refractivity contribution is 0.0520. The van der Waals surface area contributed by atoms with Crippen molar-refractivity contribution in [3.63, 3.8) is 0 Å². The third kappa shape index (κ3) is 5.34. The van der Waals surface area contributed by atoms with Crippen molar-refractivity contribution in [2.75, 3.05) is 13.1 Å². The summed E-state index contributed by atoms with van der Waals surface area (Å²) in [5.41, 5.74) is 1.60. The van der Waals surface area contributed by atoms with Crippen LogP contribution < -0.4 is 9.47 Å². The molecule has 2 aliphatic rings. The van der Waals surface area contributed by atoms with E-state index in [1.54, 1.807) is 66.7 Å². The maximum absolute atomic E-state index is 13.6. The van der Waals surface area contributed by atoms with E-state index in [1.807, 2.05) is 4.90 Å². The van der Waals surface area contributed by atoms with Crippen LogP contribution in [0.5, 0.6) is 23.0 Å². The third-order valence-electron chi connectivity index (χ3n) is 7.14. The molecule has 5 rings (SSSR count). The first kappa shape index (κ1) is 23.5. The average molecular weight is 478 g/mol. The molecule has 180 valence electrons. The maximum Gasteiger partial charge on any atom is 0.254 e. The summed E-state index contributed by atoms with van der Waals surface area (Å²) in [7, 11) is 0. The Morgan fingerprint density at radius 3 is 1.78 bits per heavy atom. The van der Waals surface area contributed by atoms with E-state index in [2.05, 4.69) is 12.1 Å². The molecule has 0 spiro atoms. The second-order valence-corrected chi connectivity index (χ2v) is 9.51. The summed E-state index contributed by atoms with van der Waals surface area (Å²) in [5, 5.41) is 18.1. The van der Waals surface area contributed by atoms with Crippen LogP contribution in [-0.2, 0) is 0 Å². The molecule has 1 amide bonds. The number of rotatable bonds is 5. The molecule has 2 atom stereocenters. The van der Waals surface area contributed by atoms with E-state index >= 15 is 0 Å². The third-order valence-corrected chi connectivity index (χ3v) is 7.14. The van der Waals surface area contributed by atoms with Gasteiger partial charge in [-0.05, 0) is 85.3 Å². The van der Waals surface area contributed by atoms with Crippen molar-refractivity contribution in [3.8, 4) is 35.1 Å². The average Bonchev–Trinajstić information content (AvgIpc) is 2.93. The highest BCUT2D eigenvalue weighted by Crippen LogP contribution is 2.37. The van der Waals surface area contributed by atoms with Crippen molar-refractivity contribution in [3.05, 3.63) is 83.4 Å². The van der Waals surface area contributed by atoms with Gasteiger partial charge >= 0.3 is 0 Å². The van der Waals surface area contributed by atoms with Gasteiger partial charge in [-0.25, -0.2) is 0 Å². The minimum atomic E-state index is -0.0195. The minimum absolute atomic E-state index is 0.0195. The van der Waals surface area contributed by atoms with Crippen molar-refractivity contribution in [1.82, 2.24) is 4.90 Å². The van der Waals surface area contributed by atoms with Crippen molar-refractivity contribution in [1.29, 1.82) is 10.5 Å². The van der Waals surface area contributed by atoms with Crippen LogP contribution in [0.4, 0.5) is 0 Å². The lowest BCUT2D eigenvalue weighted by Crippen LogP contribution is -2.44. The van der Waals surface area contributed by atoms with Crippen molar-refractivity contribution in [2.24, 2.45) is 11.8 Å². The van der Waals surface area contributed by atoms with E-state index in [1.165, 1.54) is 25.7 Å². The topological polar surface area (TPSA) is 86.3 Å². The van der Waals surface area contributed by atoms with Crippen molar-refractivity contribution in [2.45, 2.75) is 32.1 Å². The maximum atomic E-state index is 13.6. The molecule has 2 unspecified atom stereocenters. The number of carbonyl (C=O) groups is 1. The molecule has 2 fully saturated rings. The number of likely N-dealkylation sites (tertiary alicyclic amines) is 1. The fraction of sp³-hybridized carbons (Fsp3) is 0.300. The summed E-state index contributed by atoms with van der Waals surface area (Å²) in [6.07, 6.45) is 6.10. The van der Waals surface area contributed by atoms with Gasteiger partial charge < -0.3 is 14.4 Å². The van der Waals surface area contributed by atoms with Gasteiger partial charge in [-0.2, -0.15) is 10.5 Å². The Morgan fingerprint density at radius 1 is 0.722 bits per heavy atom. The molecule has 0 bridgehead atoms. The van der Waals surface area contributed by atoms with Gasteiger partial charge in [0.25, 0.3) is 5.91 Å². The van der Waals surface area contributed by atoms with Crippen LogP contribution in [-0.4, -0.2) is 23.9 Å². The normalized spacial score (nSPS) is 18.9. The second-order valence-electron chi connectivity index (χ2n) is 9.51. The van der Waals surface area contributed by atoms with Crippen LogP contribution in [0.3, 0.4) is 0 Å². The smallest absolute Gasteiger partial charge is 0.254 e. The Hall–Kier alpha value is -4.29. The Morgan fingerprint density at radius 2 is 1.25 bits per heavy atom. The predicted molar refractivity (Wildman–Crippen MR) is 135 cm³/mol. The summed E-state index contributed by atoms with van der Waals surface area (Å²) in [4.78, 5) is 15.6. The van der Waals surface area contributed by atoms with E-state index in [-0.39, 0.29) is 5.91 Å². The monoisotopic (exact) mass is 477 g/mol. The van der Waals surface area contributed by atoms with E-state index in [0.717, 1.165) is 25.4 Å². The summed E-state index contributed by atoms with van der Waals surface area (Å²) in [5.74, 6) is 3.38. The number of hydrogen-bond donors (Lipinski definition) is 0. The zero-order valence-electron chi connectivity index (χ0n) is 20.0. The van der Waals surface area contributed by atoms with E-state index < -0.39 is 0 Å². The summed E-state index contributed by atoms with van der Waals surface area (Å²) in [6, 6.07) is 23.1. The highest BCUT2D eigenvalue weighted by molar-refractivity contribution is 5.95. The summed E-state index contributed by atoms with van der Waals surface area (Å²) < 4.78 is 12.1. The zero-order chi connectivity index (χ0) is 24.9. The quantitative estimate of drug-likeness (QED) is 0.410. The Kier molecular flexibility index (Phi) is 6.87. The van der Waals surface area contributed by atoms with Crippen molar-refractivity contribution < 1.29 is 14.3 Å². The SMILES string of the molecule is N#Cc1ccc(Oc2cc(Oc3ccc(C#N)cc3)cc(C(=O)N3CCC4CCCCC4C3)c2)cc1. The van der Waals surface area contributed by atoms with Crippen molar-refractivity contribution >= 4 is 5.91 Å². The molecular weight excluding hydrogens is 450 g/mol. The minimum Gasteiger partial charge on any atom is -0.457 e. The van der Waals surface area contributed by atoms with Crippen LogP contribution in [0.25, 0.3) is 0 Å². The van der Waals surface area contributed by atoms with Gasteiger partial charge in [-0.3, -0.25) is 4.79 Å². The van der Waals surface area contributed by atoms with Gasteiger partial charge in [0.2, 0.25) is 0 Å². The molecule has 1 aliphatic carbocycles. The fourth-order valence-corrected chi connectivity index (χ4v) is 5.25. The molecule has 1 aliphatic heterocycles. The highest BCUT2D eigenvalue weighted by Gasteiger charge is 2.33. The zero-order valence-corrected chi connectivity index (χ0v) is 20.0. The number of piperidine rings is 1. The first-order valence-corrected chi connectivity index (χ1v) is 12.4. The molecule has 6 heteroatoms. The Balaban J connectivity index is 1.41. The molecule has 36 heavy (non-hydrogen) atoms. The molecule has 0 N–H and O–H groups in total. The summed E-state index contributed by atoms with van der Waals surface area (Å²) in [6.45, 7) is 1.57. The number of nitrogens with zero attached hydrogens (tertiary/aromatic N) is 3. The molecule has 0 radical (unpaired) electrons. The van der Waals surface area contributed by atoms with Gasteiger partial charge in [0.1, 0.15) is 23.0 Å². The van der Waals surface area contributed by atoms with Crippen LogP contribution in [0.15, 0.2) is 66.7 Å². The molecule has 1 saturated carbocycles. The summed E-state index contributed by atoms with van der Waals surface area (Å²) >= 11 is 0. The standard InChI is InChI=1S/C30H27N3O3/c31-18-21-5-9-26(10-6-21)35-28-15-25(16-29(17-28)36-27-11-7-22(19-32)8-12-27)30(34)33-14-13-23-3-1-2-4-24(23)20-33/h5-12,15-17,23-24H,1-4,13-14,20H2. The van der Waals surface area contributed by atoms with Gasteiger partial charge in [0.05, 0.1) is 23.3 Å². The second kappa shape index (κ2) is 10.5. The molecule has 3 aromatic rings. The number of carbonyl (C=O) groups excluding carboxylic acids is 1. The first-order chi connectivity index (χ1) is 17.6. The van der Waals surface area contributed by atoms with Gasteiger partial charge in [0.15, 0.2) is 0 Å². The molecular formula is C30H27N3O3. The number of amides is 1. The van der Waals surface area contributed by atoms with Crippen LogP contribution in [0.2, 0.25) is 0 Å². The number of nitriles is 2. The molecule has 1 saturated heterocycles. The number of fused-ring (bicyclic) bond motifs is 1. The molecule has 0 aromatic heterocycles. The van der Waals surface area contributed by atoms with E-state index in [0.29, 0.717) is 45.6 Å². The van der Waals surface area contributed by atoms with Gasteiger partial charge in [0, 0.05) is 24.7 Å². The van der Waals surface area contributed by atoms with Crippen LogP contribution in [0.1, 0.15) is 53.6 Å². The Bertz CT molecular complexity index is 1240. The number of hydrogen-bond acceptors (Lipinski definition) is 5. The largest absolute Gasteiger partial charge is 0.457 e. The number of ether oxygens (including phenoxy) is 2.